The number of nitrogens with zero attached hydrogens (tertiary/aromatic N) is 3. The van der Waals surface area contributed by atoms with E-state index in [0.29, 0.717) is 11.6 Å². The molecule has 1 aliphatic heterocycles. The van der Waals surface area contributed by atoms with E-state index in [1.54, 1.807) is 4.68 Å². The van der Waals surface area contributed by atoms with E-state index in [2.05, 4.69) is 28.0 Å². The third-order valence-corrected chi connectivity index (χ3v) is 4.93. The zero-order valence-electron chi connectivity index (χ0n) is 11.7. The Bertz CT molecular complexity index is 652. The van der Waals surface area contributed by atoms with Crippen LogP contribution in [0.1, 0.15) is 23.8 Å². The second kappa shape index (κ2) is 5.20. The van der Waals surface area contributed by atoms with Gasteiger partial charge in [-0.2, -0.15) is 5.10 Å². The summed E-state index contributed by atoms with van der Waals surface area (Å²) in [7, 11) is 1.88. The number of benzene rings is 1. The first-order valence-corrected chi connectivity index (χ1v) is 8.04. The Balaban J connectivity index is 2.01. The predicted octanol–water partition coefficient (Wildman–Crippen LogP) is 2.82. The number of carbonyl (C=O) groups excluding carboxylic acids is 1. The molecule has 1 aliphatic rings. The maximum absolute atomic E-state index is 12.8. The van der Waals surface area contributed by atoms with Crippen LogP contribution in [0.3, 0.4) is 0 Å². The molecule has 2 unspecified atom stereocenters. The average molecular weight is 336 g/mol. The molecule has 5 heteroatoms. The molecule has 106 valence electrons. The molecule has 0 spiro atoms. The summed E-state index contributed by atoms with van der Waals surface area (Å²) in [6.07, 6.45) is 1.06. The molecule has 0 N–H and O–H groups in total. The van der Waals surface area contributed by atoms with Crippen molar-refractivity contribution in [3.05, 3.63) is 30.0 Å². The summed E-state index contributed by atoms with van der Waals surface area (Å²) in [5.41, 5.74) is 1.57. The summed E-state index contributed by atoms with van der Waals surface area (Å²) in [4.78, 5) is 14.8. The van der Waals surface area contributed by atoms with Crippen LogP contribution < -0.4 is 0 Å². The molecule has 0 radical (unpaired) electrons. The lowest BCUT2D eigenvalue weighted by atomic mass is 10.1. The van der Waals surface area contributed by atoms with Crippen molar-refractivity contribution in [1.82, 2.24) is 14.7 Å². The second-order valence-corrected chi connectivity index (χ2v) is 6.12. The Hall–Kier alpha value is -1.36. The van der Waals surface area contributed by atoms with Gasteiger partial charge >= 0.3 is 0 Å². The number of fused-ring (bicyclic) bond motifs is 1. The van der Waals surface area contributed by atoms with E-state index >= 15 is 0 Å². The van der Waals surface area contributed by atoms with Gasteiger partial charge in [-0.1, -0.05) is 41.1 Å². The van der Waals surface area contributed by atoms with Crippen LogP contribution in [0.5, 0.6) is 0 Å². The van der Waals surface area contributed by atoms with Gasteiger partial charge in [-0.15, -0.1) is 0 Å². The number of halogens is 1. The number of likely N-dealkylation sites (tertiary alicyclic amines) is 1. The van der Waals surface area contributed by atoms with Gasteiger partial charge in [-0.3, -0.25) is 9.48 Å². The quantitative estimate of drug-likeness (QED) is 0.791. The summed E-state index contributed by atoms with van der Waals surface area (Å²) in [6.45, 7) is 3.02. The van der Waals surface area contributed by atoms with Crippen molar-refractivity contribution < 1.29 is 4.79 Å². The van der Waals surface area contributed by atoms with Crippen LogP contribution in [0.25, 0.3) is 10.9 Å². The van der Waals surface area contributed by atoms with E-state index in [1.807, 2.05) is 36.2 Å². The molecule has 1 saturated heterocycles. The van der Waals surface area contributed by atoms with Crippen LogP contribution in [0.2, 0.25) is 0 Å². The largest absolute Gasteiger partial charge is 0.333 e. The van der Waals surface area contributed by atoms with E-state index in [4.69, 9.17) is 0 Å². The van der Waals surface area contributed by atoms with Gasteiger partial charge in [-0.25, -0.2) is 0 Å². The van der Waals surface area contributed by atoms with Gasteiger partial charge in [0, 0.05) is 30.4 Å². The van der Waals surface area contributed by atoms with Crippen molar-refractivity contribution in [2.45, 2.75) is 19.4 Å². The zero-order chi connectivity index (χ0) is 14.3. The lowest BCUT2D eigenvalue weighted by molar-refractivity contribution is 0.0734. The van der Waals surface area contributed by atoms with Gasteiger partial charge in [0.25, 0.3) is 5.91 Å². The summed E-state index contributed by atoms with van der Waals surface area (Å²) in [5, 5.41) is 6.20. The highest BCUT2D eigenvalue weighted by atomic mass is 79.9. The van der Waals surface area contributed by atoms with Crippen LogP contribution in [-0.2, 0) is 7.05 Å². The summed E-state index contributed by atoms with van der Waals surface area (Å²) in [5.74, 6) is 0.587. The molecule has 0 saturated carbocycles. The van der Waals surface area contributed by atoms with Gasteiger partial charge in [0.05, 0.1) is 5.52 Å². The number of amides is 1. The van der Waals surface area contributed by atoms with E-state index < -0.39 is 0 Å². The van der Waals surface area contributed by atoms with Crippen molar-refractivity contribution >= 4 is 32.7 Å². The molecule has 3 rings (SSSR count). The molecule has 20 heavy (non-hydrogen) atoms. The standard InChI is InChI=1S/C15H18BrN3O/c1-10-7-8-19(13(10)9-16)15(20)14-11-5-3-4-6-12(11)18(2)17-14/h3-6,10,13H,7-9H2,1-2H3. The molecule has 1 fully saturated rings. The molecular weight excluding hydrogens is 318 g/mol. The number of aromatic nitrogens is 2. The highest BCUT2D eigenvalue weighted by Gasteiger charge is 2.35. The lowest BCUT2D eigenvalue weighted by Gasteiger charge is -2.24. The summed E-state index contributed by atoms with van der Waals surface area (Å²) in [6, 6.07) is 8.15. The minimum atomic E-state index is 0.0515. The van der Waals surface area contributed by atoms with E-state index in [-0.39, 0.29) is 11.9 Å². The second-order valence-electron chi connectivity index (χ2n) is 5.48. The first kappa shape index (κ1) is 13.6. The van der Waals surface area contributed by atoms with Gasteiger partial charge in [0.2, 0.25) is 0 Å². The molecule has 1 amide bonds. The van der Waals surface area contributed by atoms with Crippen LogP contribution in [-0.4, -0.2) is 38.5 Å². The number of para-hydroxylation sites is 1. The van der Waals surface area contributed by atoms with Crippen molar-refractivity contribution in [2.24, 2.45) is 13.0 Å². The Labute approximate surface area is 126 Å². The van der Waals surface area contributed by atoms with Gasteiger partial charge in [0.1, 0.15) is 0 Å². The number of hydrogen-bond acceptors (Lipinski definition) is 2. The third kappa shape index (κ3) is 2.04. The van der Waals surface area contributed by atoms with E-state index in [0.717, 1.165) is 29.2 Å². The Kier molecular flexibility index (Phi) is 3.54. The molecule has 0 bridgehead atoms. The number of carbonyl (C=O) groups is 1. The van der Waals surface area contributed by atoms with Crippen LogP contribution in [0, 0.1) is 5.92 Å². The van der Waals surface area contributed by atoms with E-state index in [1.165, 1.54) is 0 Å². The molecule has 2 aromatic rings. The normalized spacial score (nSPS) is 22.6. The number of hydrogen-bond donors (Lipinski definition) is 0. The van der Waals surface area contributed by atoms with Gasteiger partial charge < -0.3 is 4.90 Å². The van der Waals surface area contributed by atoms with Crippen LogP contribution in [0.4, 0.5) is 0 Å². The Morgan fingerprint density at radius 3 is 2.95 bits per heavy atom. The van der Waals surface area contributed by atoms with Gasteiger partial charge in [-0.05, 0) is 18.4 Å². The number of rotatable bonds is 2. The SMILES string of the molecule is CC1CCN(C(=O)c2nn(C)c3ccccc23)C1CBr. The third-order valence-electron chi connectivity index (χ3n) is 4.26. The highest BCUT2D eigenvalue weighted by molar-refractivity contribution is 9.09. The average Bonchev–Trinajstić information content (AvgIpc) is 2.99. The molecule has 1 aromatic heterocycles. The molecule has 2 atom stereocenters. The fourth-order valence-electron chi connectivity index (χ4n) is 3.00. The first-order chi connectivity index (χ1) is 9.63. The summed E-state index contributed by atoms with van der Waals surface area (Å²) < 4.78 is 1.78. The molecule has 0 aliphatic carbocycles. The lowest BCUT2D eigenvalue weighted by Crippen LogP contribution is -2.38. The fourth-order valence-corrected chi connectivity index (χ4v) is 3.99. The minimum Gasteiger partial charge on any atom is -0.333 e. The number of alkyl halides is 1. The van der Waals surface area contributed by atoms with Crippen LogP contribution in [0.15, 0.2) is 24.3 Å². The molecular formula is C15H18BrN3O. The maximum atomic E-state index is 12.8. The van der Waals surface area contributed by atoms with Crippen molar-refractivity contribution in [3.63, 3.8) is 0 Å². The monoisotopic (exact) mass is 335 g/mol. The van der Waals surface area contributed by atoms with Crippen molar-refractivity contribution in [3.8, 4) is 0 Å². The molecule has 4 nitrogen and oxygen atoms in total. The smallest absolute Gasteiger partial charge is 0.275 e. The van der Waals surface area contributed by atoms with Crippen molar-refractivity contribution in [2.75, 3.05) is 11.9 Å². The molecule has 2 heterocycles. The Morgan fingerprint density at radius 2 is 2.20 bits per heavy atom. The Morgan fingerprint density at radius 1 is 1.45 bits per heavy atom. The fraction of sp³-hybridized carbons (Fsp3) is 0.467. The number of aryl methyl sites for hydroxylation is 1. The predicted molar refractivity (Wildman–Crippen MR) is 83.1 cm³/mol. The van der Waals surface area contributed by atoms with Crippen LogP contribution >= 0.6 is 15.9 Å². The van der Waals surface area contributed by atoms with E-state index in [9.17, 15) is 4.79 Å². The zero-order valence-corrected chi connectivity index (χ0v) is 13.3. The maximum Gasteiger partial charge on any atom is 0.275 e. The molecule has 1 aromatic carbocycles. The highest BCUT2D eigenvalue weighted by Crippen LogP contribution is 2.28. The summed E-state index contributed by atoms with van der Waals surface area (Å²) >= 11 is 3.53. The van der Waals surface area contributed by atoms with Gasteiger partial charge in [0.15, 0.2) is 5.69 Å². The van der Waals surface area contributed by atoms with Crippen molar-refractivity contribution in [1.29, 1.82) is 0 Å². The topological polar surface area (TPSA) is 38.1 Å². The first-order valence-electron chi connectivity index (χ1n) is 6.92. The minimum absolute atomic E-state index is 0.0515.